The van der Waals surface area contributed by atoms with Crippen LogP contribution >= 0.6 is 11.3 Å². The number of carbonyl (C=O) groups excluding carboxylic acids is 2. The molecule has 1 aliphatic heterocycles. The molecule has 0 unspecified atom stereocenters. The highest BCUT2D eigenvalue weighted by atomic mass is 32.1. The number of thiophene rings is 1. The fourth-order valence-electron chi connectivity index (χ4n) is 3.15. The zero-order chi connectivity index (χ0) is 18.6. The molecule has 0 aliphatic carbocycles. The van der Waals surface area contributed by atoms with Gasteiger partial charge in [-0.15, -0.1) is 11.3 Å². The number of amides is 2. The van der Waals surface area contributed by atoms with Gasteiger partial charge in [-0.25, -0.2) is 4.98 Å². The van der Waals surface area contributed by atoms with E-state index in [1.165, 1.54) is 18.6 Å². The predicted molar refractivity (Wildman–Crippen MR) is 98.8 cm³/mol. The fraction of sp³-hybridized carbons (Fsp3) is 0.278. The van der Waals surface area contributed by atoms with Crippen LogP contribution in [0.5, 0.6) is 0 Å². The van der Waals surface area contributed by atoms with E-state index < -0.39 is 0 Å². The Kier molecular flexibility index (Phi) is 4.93. The smallest absolute Gasteiger partial charge is 0.274 e. The molecule has 1 aliphatic rings. The molecular weight excluding hydrogens is 364 g/mol. The van der Waals surface area contributed by atoms with Crippen LogP contribution < -0.4 is 5.32 Å². The standard InChI is InChI=1S/C18H18N6O2S/c25-17(21-9-15-2-1-7-27-15)8-14-12-23(11-13-3-4-22-24(13)14)18(26)16-10-19-5-6-20-16/h1-7,10,14H,8-9,11-12H2,(H,21,25)/t14-/m0/s1. The van der Waals surface area contributed by atoms with Crippen LogP contribution in [0.2, 0.25) is 0 Å². The van der Waals surface area contributed by atoms with E-state index in [0.717, 1.165) is 10.6 Å². The first kappa shape index (κ1) is 17.3. The number of carbonyl (C=O) groups is 2. The Morgan fingerprint density at radius 3 is 2.96 bits per heavy atom. The van der Waals surface area contributed by atoms with Gasteiger partial charge >= 0.3 is 0 Å². The van der Waals surface area contributed by atoms with Crippen molar-refractivity contribution in [2.75, 3.05) is 6.54 Å². The lowest BCUT2D eigenvalue weighted by molar-refractivity contribution is -0.122. The van der Waals surface area contributed by atoms with Crippen LogP contribution in [-0.2, 0) is 17.9 Å². The van der Waals surface area contributed by atoms with Crippen LogP contribution in [0.1, 0.15) is 33.5 Å². The number of nitrogens with zero attached hydrogens (tertiary/aromatic N) is 5. The average Bonchev–Trinajstić information content (AvgIpc) is 3.38. The summed E-state index contributed by atoms with van der Waals surface area (Å²) in [4.78, 5) is 36.0. The van der Waals surface area contributed by atoms with Gasteiger partial charge in [-0.1, -0.05) is 6.07 Å². The van der Waals surface area contributed by atoms with Crippen LogP contribution in [0.4, 0.5) is 0 Å². The summed E-state index contributed by atoms with van der Waals surface area (Å²) in [5.74, 6) is -0.261. The van der Waals surface area contributed by atoms with Crippen molar-refractivity contribution in [3.8, 4) is 0 Å². The van der Waals surface area contributed by atoms with Crippen LogP contribution in [-0.4, -0.2) is 43.0 Å². The van der Waals surface area contributed by atoms with Crippen molar-refractivity contribution in [2.45, 2.75) is 25.6 Å². The summed E-state index contributed by atoms with van der Waals surface area (Å²) < 4.78 is 1.84. The van der Waals surface area contributed by atoms with Gasteiger partial charge in [0.2, 0.25) is 5.91 Å². The molecule has 27 heavy (non-hydrogen) atoms. The second kappa shape index (κ2) is 7.67. The molecule has 8 nitrogen and oxygen atoms in total. The SMILES string of the molecule is O=C(C[C@H]1CN(C(=O)c2cnccn2)Cc2ccnn21)NCc1cccs1. The monoisotopic (exact) mass is 382 g/mol. The zero-order valence-electron chi connectivity index (χ0n) is 14.5. The van der Waals surface area contributed by atoms with Gasteiger partial charge in [0, 0.05) is 30.0 Å². The van der Waals surface area contributed by atoms with Gasteiger partial charge in [-0.2, -0.15) is 5.10 Å². The van der Waals surface area contributed by atoms with E-state index in [1.807, 2.05) is 28.3 Å². The second-order valence-electron chi connectivity index (χ2n) is 6.26. The van der Waals surface area contributed by atoms with Gasteiger partial charge in [0.25, 0.3) is 5.91 Å². The van der Waals surface area contributed by atoms with Crippen LogP contribution in [0.3, 0.4) is 0 Å². The Balaban J connectivity index is 1.45. The highest BCUT2D eigenvalue weighted by Gasteiger charge is 2.30. The third kappa shape index (κ3) is 3.87. The van der Waals surface area contributed by atoms with E-state index >= 15 is 0 Å². The number of hydrogen-bond acceptors (Lipinski definition) is 6. The number of aromatic nitrogens is 4. The molecule has 3 aromatic heterocycles. The minimum absolute atomic E-state index is 0.0661. The van der Waals surface area contributed by atoms with Gasteiger partial charge in [-0.05, 0) is 17.5 Å². The molecule has 0 saturated carbocycles. The maximum absolute atomic E-state index is 12.7. The first-order valence-corrected chi connectivity index (χ1v) is 9.45. The second-order valence-corrected chi connectivity index (χ2v) is 7.29. The van der Waals surface area contributed by atoms with Crippen LogP contribution in [0, 0.1) is 0 Å². The molecule has 4 heterocycles. The number of nitrogens with one attached hydrogen (secondary N) is 1. The molecule has 0 spiro atoms. The Labute approximate surface area is 159 Å². The van der Waals surface area contributed by atoms with E-state index in [4.69, 9.17) is 0 Å². The Bertz CT molecular complexity index is 925. The lowest BCUT2D eigenvalue weighted by atomic mass is 10.1. The summed E-state index contributed by atoms with van der Waals surface area (Å²) >= 11 is 1.60. The van der Waals surface area contributed by atoms with E-state index in [1.54, 1.807) is 22.4 Å². The predicted octanol–water partition coefficient (Wildman–Crippen LogP) is 1.64. The van der Waals surface area contributed by atoms with Gasteiger partial charge in [0.1, 0.15) is 5.69 Å². The van der Waals surface area contributed by atoms with Gasteiger partial charge < -0.3 is 10.2 Å². The fourth-order valence-corrected chi connectivity index (χ4v) is 3.79. The largest absolute Gasteiger partial charge is 0.351 e. The van der Waals surface area contributed by atoms with E-state index in [0.29, 0.717) is 25.3 Å². The van der Waals surface area contributed by atoms with E-state index in [2.05, 4.69) is 20.4 Å². The Morgan fingerprint density at radius 1 is 1.26 bits per heavy atom. The van der Waals surface area contributed by atoms with E-state index in [9.17, 15) is 9.59 Å². The highest BCUT2D eigenvalue weighted by Crippen LogP contribution is 2.24. The van der Waals surface area contributed by atoms with Gasteiger partial charge in [-0.3, -0.25) is 19.3 Å². The minimum Gasteiger partial charge on any atom is -0.351 e. The molecule has 1 atom stereocenters. The van der Waals surface area contributed by atoms with Crippen molar-refractivity contribution < 1.29 is 9.59 Å². The zero-order valence-corrected chi connectivity index (χ0v) is 15.3. The third-order valence-electron chi connectivity index (χ3n) is 4.41. The first-order valence-electron chi connectivity index (χ1n) is 8.57. The highest BCUT2D eigenvalue weighted by molar-refractivity contribution is 7.09. The maximum Gasteiger partial charge on any atom is 0.274 e. The molecule has 138 valence electrons. The molecule has 3 aromatic rings. The van der Waals surface area contributed by atoms with Crippen molar-refractivity contribution in [2.24, 2.45) is 0 Å². The third-order valence-corrected chi connectivity index (χ3v) is 5.29. The molecular formula is C18H18N6O2S. The number of rotatable bonds is 5. The molecule has 9 heteroatoms. The number of fused-ring (bicyclic) bond motifs is 1. The lowest BCUT2D eigenvalue weighted by Crippen LogP contribution is -2.43. The molecule has 0 radical (unpaired) electrons. The summed E-state index contributed by atoms with van der Waals surface area (Å²) in [5.41, 5.74) is 1.20. The molecule has 2 amide bonds. The molecule has 0 bridgehead atoms. The quantitative estimate of drug-likeness (QED) is 0.724. The maximum atomic E-state index is 12.7. The van der Waals surface area contributed by atoms with Crippen molar-refractivity contribution in [1.29, 1.82) is 0 Å². The topological polar surface area (TPSA) is 93.0 Å². The van der Waals surface area contributed by atoms with Gasteiger partial charge in [0.05, 0.1) is 37.4 Å². The molecule has 0 fully saturated rings. The number of hydrogen-bond donors (Lipinski definition) is 1. The van der Waals surface area contributed by atoms with E-state index in [-0.39, 0.29) is 24.3 Å². The van der Waals surface area contributed by atoms with Crippen molar-refractivity contribution in [3.05, 3.63) is 64.6 Å². The molecule has 1 N–H and O–H groups in total. The summed E-state index contributed by atoms with van der Waals surface area (Å²) in [6, 6.07) is 5.59. The van der Waals surface area contributed by atoms with Crippen molar-refractivity contribution in [1.82, 2.24) is 30.0 Å². The Hall–Kier alpha value is -3.07. The lowest BCUT2D eigenvalue weighted by Gasteiger charge is -2.33. The van der Waals surface area contributed by atoms with Gasteiger partial charge in [0.15, 0.2) is 0 Å². The normalized spacial score (nSPS) is 16.0. The summed E-state index contributed by atoms with van der Waals surface area (Å²) in [6.07, 6.45) is 6.43. The van der Waals surface area contributed by atoms with Crippen LogP contribution in [0.15, 0.2) is 48.4 Å². The minimum atomic E-state index is -0.215. The summed E-state index contributed by atoms with van der Waals surface area (Å²) in [6.45, 7) is 1.34. The first-order chi connectivity index (χ1) is 13.2. The Morgan fingerprint density at radius 2 is 2.19 bits per heavy atom. The van der Waals surface area contributed by atoms with Crippen LogP contribution in [0.25, 0.3) is 0 Å². The summed E-state index contributed by atoms with van der Waals surface area (Å²) in [5, 5.41) is 9.26. The van der Waals surface area contributed by atoms with Crippen molar-refractivity contribution >= 4 is 23.2 Å². The summed E-state index contributed by atoms with van der Waals surface area (Å²) in [7, 11) is 0. The molecule has 0 saturated heterocycles. The molecule has 0 aromatic carbocycles. The van der Waals surface area contributed by atoms with Crippen molar-refractivity contribution in [3.63, 3.8) is 0 Å². The molecule has 4 rings (SSSR count). The average molecular weight is 382 g/mol.